The van der Waals surface area contributed by atoms with Crippen molar-refractivity contribution in [3.05, 3.63) is 36.3 Å². The van der Waals surface area contributed by atoms with E-state index in [0.29, 0.717) is 12.5 Å². The normalized spacial score (nSPS) is 18.6. The summed E-state index contributed by atoms with van der Waals surface area (Å²) in [4.78, 5) is 23.3. The molecule has 0 bridgehead atoms. The Bertz CT molecular complexity index is 1090. The van der Waals surface area contributed by atoms with E-state index in [1.54, 1.807) is 7.11 Å². The van der Waals surface area contributed by atoms with Crippen molar-refractivity contribution in [1.29, 1.82) is 0 Å². The third-order valence-electron chi connectivity index (χ3n) is 6.40. The molecular weight excluding hydrogens is 402 g/mol. The highest BCUT2D eigenvalue weighted by Gasteiger charge is 2.21. The molecule has 0 saturated carbocycles. The van der Waals surface area contributed by atoms with Gasteiger partial charge in [0.1, 0.15) is 17.5 Å². The van der Waals surface area contributed by atoms with Gasteiger partial charge in [0.05, 0.1) is 6.61 Å². The molecule has 8 heteroatoms. The SMILES string of the molecule is COCCc1cnc(N2CCC2)c2cnc(Nc3ccnc(N4CCCC(C)C4)n3)cc12. The average molecular weight is 434 g/mol. The molecule has 3 aromatic rings. The van der Waals surface area contributed by atoms with Crippen molar-refractivity contribution in [1.82, 2.24) is 19.9 Å². The summed E-state index contributed by atoms with van der Waals surface area (Å²) in [5.74, 6) is 4.01. The number of hydrogen-bond donors (Lipinski definition) is 1. The number of rotatable bonds is 7. The van der Waals surface area contributed by atoms with Gasteiger partial charge in [-0.3, -0.25) is 0 Å². The number of fused-ring (bicyclic) bond motifs is 1. The zero-order valence-corrected chi connectivity index (χ0v) is 18.9. The first-order chi connectivity index (χ1) is 15.7. The van der Waals surface area contributed by atoms with E-state index in [-0.39, 0.29) is 0 Å². The van der Waals surface area contributed by atoms with Crippen LogP contribution in [0.1, 0.15) is 31.7 Å². The van der Waals surface area contributed by atoms with Crippen LogP contribution in [0.4, 0.5) is 23.4 Å². The van der Waals surface area contributed by atoms with Crippen molar-refractivity contribution in [3.63, 3.8) is 0 Å². The molecule has 1 atom stereocenters. The van der Waals surface area contributed by atoms with Crippen LogP contribution in [0.25, 0.3) is 10.8 Å². The largest absolute Gasteiger partial charge is 0.384 e. The number of anilines is 4. The number of methoxy groups -OCH3 is 1. The molecule has 1 unspecified atom stereocenters. The third-order valence-corrected chi connectivity index (χ3v) is 6.40. The first-order valence-corrected chi connectivity index (χ1v) is 11.6. The lowest BCUT2D eigenvalue weighted by Gasteiger charge is -2.33. The summed E-state index contributed by atoms with van der Waals surface area (Å²) < 4.78 is 5.32. The number of pyridine rings is 2. The van der Waals surface area contributed by atoms with Crippen LogP contribution < -0.4 is 15.1 Å². The van der Waals surface area contributed by atoms with Gasteiger partial charge in [0.15, 0.2) is 0 Å². The van der Waals surface area contributed by atoms with E-state index in [1.165, 1.54) is 24.8 Å². The Morgan fingerprint density at radius 2 is 1.91 bits per heavy atom. The highest BCUT2D eigenvalue weighted by atomic mass is 16.5. The fourth-order valence-corrected chi connectivity index (χ4v) is 4.51. The molecule has 2 aliphatic heterocycles. The van der Waals surface area contributed by atoms with Crippen LogP contribution in [-0.2, 0) is 11.2 Å². The Hall–Kier alpha value is -3.00. The van der Waals surface area contributed by atoms with Crippen LogP contribution in [0.15, 0.2) is 30.7 Å². The van der Waals surface area contributed by atoms with Crippen LogP contribution in [0.2, 0.25) is 0 Å². The molecular formula is C24H31N7O. The summed E-state index contributed by atoms with van der Waals surface area (Å²) in [6.45, 7) is 7.08. The zero-order chi connectivity index (χ0) is 21.9. The van der Waals surface area contributed by atoms with Crippen molar-refractivity contribution in [3.8, 4) is 0 Å². The van der Waals surface area contributed by atoms with Gasteiger partial charge < -0.3 is 19.9 Å². The molecule has 5 rings (SSSR count). The number of nitrogens with zero attached hydrogens (tertiary/aromatic N) is 6. The first kappa shape index (κ1) is 20.9. The Kier molecular flexibility index (Phi) is 6.03. The maximum Gasteiger partial charge on any atom is 0.227 e. The van der Waals surface area contributed by atoms with Gasteiger partial charge in [-0.05, 0) is 54.7 Å². The number of ether oxygens (including phenoxy) is 1. The summed E-state index contributed by atoms with van der Waals surface area (Å²) in [6, 6.07) is 4.00. The second-order valence-electron chi connectivity index (χ2n) is 8.87. The summed E-state index contributed by atoms with van der Waals surface area (Å²) in [6.07, 6.45) is 10.2. The van der Waals surface area contributed by atoms with Crippen LogP contribution in [0, 0.1) is 5.92 Å². The second kappa shape index (κ2) is 9.24. The lowest BCUT2D eigenvalue weighted by Crippen LogP contribution is -2.37. The van der Waals surface area contributed by atoms with Gasteiger partial charge in [0, 0.05) is 57.3 Å². The molecule has 0 aromatic carbocycles. The molecule has 2 aliphatic rings. The molecule has 2 saturated heterocycles. The standard InChI is InChI=1S/C24H31N7O/c1-17-5-3-9-31(16-17)24-25-8-6-21(29-24)28-22-13-19-18(7-12-32-2)14-27-23(20(19)15-26-22)30-10-4-11-30/h6,8,13-15,17H,3-5,7,9-12,16H2,1-2H3,(H,25,26,28,29). The van der Waals surface area contributed by atoms with Crippen LogP contribution >= 0.6 is 0 Å². The quantitative estimate of drug-likeness (QED) is 0.603. The van der Waals surface area contributed by atoms with Crippen molar-refractivity contribution < 1.29 is 4.74 Å². The number of piperidine rings is 1. The first-order valence-electron chi connectivity index (χ1n) is 11.6. The molecule has 32 heavy (non-hydrogen) atoms. The third kappa shape index (κ3) is 4.32. The van der Waals surface area contributed by atoms with Crippen LogP contribution in [-0.4, -0.2) is 59.8 Å². The van der Waals surface area contributed by atoms with Gasteiger partial charge in [-0.2, -0.15) is 4.98 Å². The highest BCUT2D eigenvalue weighted by molar-refractivity contribution is 5.95. The lowest BCUT2D eigenvalue weighted by atomic mass is 10.0. The van der Waals surface area contributed by atoms with E-state index in [2.05, 4.69) is 33.1 Å². The minimum atomic E-state index is 0.661. The molecule has 0 spiro atoms. The van der Waals surface area contributed by atoms with Gasteiger partial charge in [0.25, 0.3) is 0 Å². The molecule has 0 aliphatic carbocycles. The minimum absolute atomic E-state index is 0.661. The molecule has 0 radical (unpaired) electrons. The summed E-state index contributed by atoms with van der Waals surface area (Å²) in [7, 11) is 1.73. The van der Waals surface area contributed by atoms with E-state index in [1.807, 2.05) is 24.7 Å². The van der Waals surface area contributed by atoms with E-state index < -0.39 is 0 Å². The van der Waals surface area contributed by atoms with Crippen molar-refractivity contribution in [2.45, 2.75) is 32.6 Å². The lowest BCUT2D eigenvalue weighted by molar-refractivity contribution is 0.202. The highest BCUT2D eigenvalue weighted by Crippen LogP contribution is 2.31. The maximum atomic E-state index is 5.32. The van der Waals surface area contributed by atoms with E-state index in [4.69, 9.17) is 19.7 Å². The van der Waals surface area contributed by atoms with Crippen LogP contribution in [0.5, 0.6) is 0 Å². The van der Waals surface area contributed by atoms with Crippen LogP contribution in [0.3, 0.4) is 0 Å². The van der Waals surface area contributed by atoms with Gasteiger partial charge >= 0.3 is 0 Å². The Balaban J connectivity index is 1.43. The fourth-order valence-electron chi connectivity index (χ4n) is 4.51. The van der Waals surface area contributed by atoms with E-state index in [9.17, 15) is 0 Å². The molecule has 3 aromatic heterocycles. The van der Waals surface area contributed by atoms with E-state index >= 15 is 0 Å². The molecule has 0 amide bonds. The van der Waals surface area contributed by atoms with Crippen molar-refractivity contribution in [2.75, 3.05) is 55.0 Å². The monoisotopic (exact) mass is 433 g/mol. The number of aromatic nitrogens is 4. The Labute approximate surface area is 189 Å². The Morgan fingerprint density at radius 1 is 1.03 bits per heavy atom. The summed E-state index contributed by atoms with van der Waals surface area (Å²) >= 11 is 0. The van der Waals surface area contributed by atoms with Crippen molar-refractivity contribution >= 4 is 34.2 Å². The Morgan fingerprint density at radius 3 is 2.69 bits per heavy atom. The minimum Gasteiger partial charge on any atom is -0.384 e. The molecule has 2 fully saturated rings. The molecule has 168 valence electrons. The van der Waals surface area contributed by atoms with Gasteiger partial charge in [0.2, 0.25) is 5.95 Å². The topological polar surface area (TPSA) is 79.3 Å². The molecule has 8 nitrogen and oxygen atoms in total. The zero-order valence-electron chi connectivity index (χ0n) is 18.9. The number of hydrogen-bond acceptors (Lipinski definition) is 8. The molecule has 5 heterocycles. The van der Waals surface area contributed by atoms with Crippen molar-refractivity contribution in [2.24, 2.45) is 5.92 Å². The predicted octanol–water partition coefficient (Wildman–Crippen LogP) is 3.80. The smallest absolute Gasteiger partial charge is 0.227 e. The predicted molar refractivity (Wildman–Crippen MR) is 128 cm³/mol. The fraction of sp³-hybridized carbons (Fsp3) is 0.500. The van der Waals surface area contributed by atoms with Gasteiger partial charge in [-0.15, -0.1) is 0 Å². The van der Waals surface area contributed by atoms with Gasteiger partial charge in [-0.25, -0.2) is 15.0 Å². The van der Waals surface area contributed by atoms with E-state index in [0.717, 1.165) is 66.8 Å². The average Bonchev–Trinajstić information content (AvgIpc) is 2.77. The maximum absolute atomic E-state index is 5.32. The number of nitrogens with one attached hydrogen (secondary N) is 1. The van der Waals surface area contributed by atoms with Gasteiger partial charge in [-0.1, -0.05) is 6.92 Å². The second-order valence-corrected chi connectivity index (χ2v) is 8.87. The molecule has 1 N–H and O–H groups in total. The summed E-state index contributed by atoms with van der Waals surface area (Å²) in [5, 5.41) is 5.65. The summed E-state index contributed by atoms with van der Waals surface area (Å²) in [5.41, 5.74) is 1.17.